The van der Waals surface area contributed by atoms with E-state index in [4.69, 9.17) is 0 Å². The first-order chi connectivity index (χ1) is 9.08. The van der Waals surface area contributed by atoms with Crippen molar-refractivity contribution in [3.05, 3.63) is 40.6 Å². The highest BCUT2D eigenvalue weighted by atomic mass is 16.1. The van der Waals surface area contributed by atoms with E-state index >= 15 is 0 Å². The normalized spacial score (nSPS) is 11.9. The largest absolute Gasteiger partial charge is 0.348 e. The van der Waals surface area contributed by atoms with E-state index in [-0.39, 0.29) is 17.2 Å². The molecule has 0 aliphatic heterocycles. The third kappa shape index (κ3) is 3.01. The molecule has 7 nitrogen and oxygen atoms in total. The zero-order valence-electron chi connectivity index (χ0n) is 10.5. The van der Waals surface area contributed by atoms with Gasteiger partial charge in [0.1, 0.15) is 0 Å². The highest BCUT2D eigenvalue weighted by Gasteiger charge is 2.14. The van der Waals surface area contributed by atoms with Crippen molar-refractivity contribution in [3.8, 4) is 11.4 Å². The summed E-state index contributed by atoms with van der Waals surface area (Å²) in [5.74, 6) is 0.113. The number of hydrogen-bond acceptors (Lipinski definition) is 5. The molecule has 0 aliphatic carbocycles. The molecule has 0 aliphatic rings. The molecule has 2 heterocycles. The SMILES string of the molecule is CC(=O)NC(C)c1nnc(-c2cccnc2)[nH]c1=O. The number of aromatic amines is 1. The smallest absolute Gasteiger partial charge is 0.275 e. The van der Waals surface area contributed by atoms with Gasteiger partial charge in [-0.15, -0.1) is 10.2 Å². The molecule has 1 amide bonds. The van der Waals surface area contributed by atoms with Crippen molar-refractivity contribution in [1.29, 1.82) is 0 Å². The molecule has 1 unspecified atom stereocenters. The number of nitrogens with zero attached hydrogens (tertiary/aromatic N) is 3. The summed E-state index contributed by atoms with van der Waals surface area (Å²) < 4.78 is 0. The van der Waals surface area contributed by atoms with Crippen LogP contribution in [0.2, 0.25) is 0 Å². The minimum atomic E-state index is -0.489. The Morgan fingerprint density at radius 3 is 2.79 bits per heavy atom. The fraction of sp³-hybridized carbons (Fsp3) is 0.250. The Hall–Kier alpha value is -2.57. The van der Waals surface area contributed by atoms with Crippen molar-refractivity contribution in [3.63, 3.8) is 0 Å². The highest BCUT2D eigenvalue weighted by molar-refractivity contribution is 5.73. The second-order valence-corrected chi connectivity index (χ2v) is 4.05. The van der Waals surface area contributed by atoms with Crippen LogP contribution in [0.15, 0.2) is 29.3 Å². The van der Waals surface area contributed by atoms with E-state index in [9.17, 15) is 9.59 Å². The summed E-state index contributed by atoms with van der Waals surface area (Å²) in [5.41, 5.74) is 0.462. The van der Waals surface area contributed by atoms with Crippen molar-refractivity contribution in [1.82, 2.24) is 25.5 Å². The molecule has 2 rings (SSSR count). The number of aromatic nitrogens is 4. The van der Waals surface area contributed by atoms with Crippen LogP contribution in [0.25, 0.3) is 11.4 Å². The molecule has 1 atom stereocenters. The molecular weight excluding hydrogens is 246 g/mol. The van der Waals surface area contributed by atoms with E-state index in [2.05, 4.69) is 25.5 Å². The van der Waals surface area contributed by atoms with Gasteiger partial charge in [-0.2, -0.15) is 0 Å². The number of hydrogen-bond donors (Lipinski definition) is 2. The van der Waals surface area contributed by atoms with Crippen LogP contribution >= 0.6 is 0 Å². The van der Waals surface area contributed by atoms with Gasteiger partial charge in [0.25, 0.3) is 5.56 Å². The van der Waals surface area contributed by atoms with E-state index < -0.39 is 6.04 Å². The molecule has 2 N–H and O–H groups in total. The van der Waals surface area contributed by atoms with Crippen molar-refractivity contribution >= 4 is 5.91 Å². The molecule has 0 radical (unpaired) electrons. The lowest BCUT2D eigenvalue weighted by molar-refractivity contribution is -0.119. The quantitative estimate of drug-likeness (QED) is 0.832. The number of carbonyl (C=O) groups excluding carboxylic acids is 1. The fourth-order valence-electron chi connectivity index (χ4n) is 1.64. The Labute approximate surface area is 109 Å². The summed E-state index contributed by atoms with van der Waals surface area (Å²) in [5, 5.41) is 10.4. The van der Waals surface area contributed by atoms with Gasteiger partial charge in [0, 0.05) is 24.9 Å². The van der Waals surface area contributed by atoms with Gasteiger partial charge in [-0.25, -0.2) is 0 Å². The maximum absolute atomic E-state index is 11.9. The first kappa shape index (κ1) is 12.9. The van der Waals surface area contributed by atoms with E-state index in [1.165, 1.54) is 6.92 Å². The molecule has 98 valence electrons. The third-order valence-electron chi connectivity index (χ3n) is 2.49. The van der Waals surface area contributed by atoms with Gasteiger partial charge >= 0.3 is 0 Å². The molecule has 19 heavy (non-hydrogen) atoms. The standard InChI is InChI=1S/C12H13N5O2/c1-7(14-8(2)18)10-12(19)15-11(17-16-10)9-4-3-5-13-6-9/h3-7H,1-2H3,(H,14,18)(H,15,17,19). The second kappa shape index (κ2) is 5.38. The lowest BCUT2D eigenvalue weighted by Crippen LogP contribution is -2.30. The fourth-order valence-corrected chi connectivity index (χ4v) is 1.64. The number of pyridine rings is 1. The summed E-state index contributed by atoms with van der Waals surface area (Å²) in [6.07, 6.45) is 3.21. The van der Waals surface area contributed by atoms with Crippen LogP contribution in [0.4, 0.5) is 0 Å². The molecule has 0 saturated heterocycles. The van der Waals surface area contributed by atoms with Crippen molar-refractivity contribution < 1.29 is 4.79 Å². The lowest BCUT2D eigenvalue weighted by Gasteiger charge is -2.10. The van der Waals surface area contributed by atoms with Crippen LogP contribution in [0.1, 0.15) is 25.6 Å². The molecule has 0 aromatic carbocycles. The molecule has 0 fully saturated rings. The van der Waals surface area contributed by atoms with Gasteiger partial charge in [-0.1, -0.05) is 0 Å². The molecule has 7 heteroatoms. The number of H-pyrrole nitrogens is 1. The Kier molecular flexibility index (Phi) is 3.65. The van der Waals surface area contributed by atoms with Crippen LogP contribution in [-0.2, 0) is 4.79 Å². The Bertz CT molecular complexity index is 638. The van der Waals surface area contributed by atoms with Crippen LogP contribution in [0, 0.1) is 0 Å². The Morgan fingerprint density at radius 2 is 2.21 bits per heavy atom. The number of carbonyl (C=O) groups is 1. The summed E-state index contributed by atoms with van der Waals surface area (Å²) in [6.45, 7) is 3.05. The molecular formula is C12H13N5O2. The van der Waals surface area contributed by atoms with Gasteiger partial charge < -0.3 is 10.3 Å². The number of nitrogens with one attached hydrogen (secondary N) is 2. The first-order valence-corrected chi connectivity index (χ1v) is 5.72. The summed E-state index contributed by atoms with van der Waals surface area (Å²) in [6, 6.07) is 3.02. The van der Waals surface area contributed by atoms with E-state index in [0.717, 1.165) is 0 Å². The van der Waals surface area contributed by atoms with Gasteiger partial charge in [-0.05, 0) is 19.1 Å². The monoisotopic (exact) mass is 259 g/mol. The summed E-state index contributed by atoms with van der Waals surface area (Å²) >= 11 is 0. The first-order valence-electron chi connectivity index (χ1n) is 5.72. The van der Waals surface area contributed by atoms with Crippen LogP contribution < -0.4 is 10.9 Å². The van der Waals surface area contributed by atoms with Crippen molar-refractivity contribution in [2.24, 2.45) is 0 Å². The topological polar surface area (TPSA) is 101 Å². The molecule has 2 aromatic heterocycles. The summed E-state index contributed by atoms with van der Waals surface area (Å²) in [7, 11) is 0. The Morgan fingerprint density at radius 1 is 1.42 bits per heavy atom. The Balaban J connectivity index is 2.33. The van der Waals surface area contributed by atoms with Gasteiger partial charge in [0.2, 0.25) is 5.91 Å². The maximum atomic E-state index is 11.9. The average molecular weight is 259 g/mol. The van der Waals surface area contributed by atoms with Gasteiger partial charge in [0.15, 0.2) is 11.5 Å². The van der Waals surface area contributed by atoms with Crippen molar-refractivity contribution in [2.75, 3.05) is 0 Å². The van der Waals surface area contributed by atoms with Gasteiger partial charge in [0.05, 0.1) is 6.04 Å². The lowest BCUT2D eigenvalue weighted by atomic mass is 10.2. The minimum Gasteiger partial charge on any atom is -0.348 e. The van der Waals surface area contributed by atoms with Crippen LogP contribution in [0.5, 0.6) is 0 Å². The maximum Gasteiger partial charge on any atom is 0.275 e. The molecule has 2 aromatic rings. The summed E-state index contributed by atoms with van der Waals surface area (Å²) in [4.78, 5) is 29.4. The minimum absolute atomic E-state index is 0.169. The zero-order chi connectivity index (χ0) is 13.8. The predicted octanol–water partition coefficient (Wildman–Crippen LogP) is 0.424. The number of amides is 1. The van der Waals surface area contributed by atoms with Crippen LogP contribution in [-0.4, -0.2) is 26.1 Å². The predicted molar refractivity (Wildman–Crippen MR) is 68.1 cm³/mol. The third-order valence-corrected chi connectivity index (χ3v) is 2.49. The van der Waals surface area contributed by atoms with E-state index in [1.807, 2.05) is 0 Å². The number of rotatable bonds is 3. The van der Waals surface area contributed by atoms with Crippen molar-refractivity contribution in [2.45, 2.75) is 19.9 Å². The average Bonchev–Trinajstić information content (AvgIpc) is 2.38. The zero-order valence-corrected chi connectivity index (χ0v) is 10.5. The molecule has 0 spiro atoms. The van der Waals surface area contributed by atoms with Crippen LogP contribution in [0.3, 0.4) is 0 Å². The van der Waals surface area contributed by atoms with E-state index in [0.29, 0.717) is 11.4 Å². The molecule has 0 saturated carbocycles. The van der Waals surface area contributed by atoms with Gasteiger partial charge in [-0.3, -0.25) is 14.6 Å². The second-order valence-electron chi connectivity index (χ2n) is 4.05. The van der Waals surface area contributed by atoms with E-state index in [1.54, 1.807) is 31.5 Å². The highest BCUT2D eigenvalue weighted by Crippen LogP contribution is 2.10. The molecule has 0 bridgehead atoms.